The van der Waals surface area contributed by atoms with Crippen molar-refractivity contribution in [2.24, 2.45) is 0 Å². The van der Waals surface area contributed by atoms with Crippen molar-refractivity contribution in [3.63, 3.8) is 0 Å². The molecular weight excluding hydrogens is 809 g/mol. The van der Waals surface area contributed by atoms with Crippen molar-refractivity contribution in [1.82, 2.24) is 39.0 Å². The fourth-order valence-corrected chi connectivity index (χ4v) is 6.00. The Morgan fingerprint density at radius 2 is 1.03 bits per heavy atom. The number of rotatable bonds is 10. The van der Waals surface area contributed by atoms with Crippen LogP contribution >= 0.6 is 0 Å². The Morgan fingerprint density at radius 1 is 0.623 bits per heavy atom. The molecule has 0 spiro atoms. The van der Waals surface area contributed by atoms with Gasteiger partial charge in [0.2, 0.25) is 23.5 Å². The van der Waals surface area contributed by atoms with E-state index in [9.17, 15) is 37.8 Å². The number of alkyl halides is 2. The predicted octanol–water partition coefficient (Wildman–Crippen LogP) is 7.90. The van der Waals surface area contributed by atoms with Crippen LogP contribution in [0.4, 0.5) is 63.6 Å². The zero-order valence-electron chi connectivity index (χ0n) is 31.8. The van der Waals surface area contributed by atoms with E-state index < -0.39 is 33.9 Å². The van der Waals surface area contributed by atoms with Gasteiger partial charge in [-0.05, 0) is 69.3 Å². The van der Waals surface area contributed by atoms with Gasteiger partial charge < -0.3 is 26.8 Å². The SMILES string of the molecule is Cc1ccc(Nc2nc(-n3c(C)nc4ccc([N+](=O)[O-])cc43)nc(N)c2F)cc1.Cc1nc2ccc([N+](=O)[O-])cc2n1-c1nc(N)c(F)c(Nc2ccc(OC(F)F)cc2)n1. The Kier molecular flexibility index (Phi) is 10.9. The van der Waals surface area contributed by atoms with Gasteiger partial charge >= 0.3 is 6.61 Å². The summed E-state index contributed by atoms with van der Waals surface area (Å²) in [6.07, 6.45) is 0. The largest absolute Gasteiger partial charge is 0.435 e. The second-order valence-corrected chi connectivity index (χ2v) is 13.0. The highest BCUT2D eigenvalue weighted by Gasteiger charge is 2.21. The number of hydrogen-bond donors (Lipinski definition) is 4. The Balaban J connectivity index is 0.000000185. The summed E-state index contributed by atoms with van der Waals surface area (Å²) in [5, 5.41) is 27.9. The predicted molar refractivity (Wildman–Crippen MR) is 216 cm³/mol. The molecule has 6 N–H and O–H groups in total. The minimum absolute atomic E-state index is 0.0546. The van der Waals surface area contributed by atoms with E-state index in [1.165, 1.54) is 69.8 Å². The number of nitrogens with two attached hydrogens (primary N) is 2. The number of aryl methyl sites for hydroxylation is 3. The highest BCUT2D eigenvalue weighted by atomic mass is 19.3. The van der Waals surface area contributed by atoms with Crippen LogP contribution in [0.1, 0.15) is 17.2 Å². The van der Waals surface area contributed by atoms with Crippen molar-refractivity contribution in [3.8, 4) is 17.6 Å². The number of nitro benzene ring substituents is 2. The highest BCUT2D eigenvalue weighted by molar-refractivity contribution is 5.81. The van der Waals surface area contributed by atoms with Gasteiger partial charge in [0.25, 0.3) is 11.4 Å². The van der Waals surface area contributed by atoms with E-state index >= 15 is 0 Å². The summed E-state index contributed by atoms with van der Waals surface area (Å²) in [5.41, 5.74) is 14.9. The minimum atomic E-state index is -2.97. The summed E-state index contributed by atoms with van der Waals surface area (Å²) >= 11 is 0. The summed E-state index contributed by atoms with van der Waals surface area (Å²) in [6.45, 7) is 2.29. The third-order valence-electron chi connectivity index (χ3n) is 8.82. The molecule has 0 aliphatic rings. The second kappa shape index (κ2) is 16.4. The number of nitro groups is 2. The van der Waals surface area contributed by atoms with E-state index in [-0.39, 0.29) is 46.5 Å². The lowest BCUT2D eigenvalue weighted by Gasteiger charge is -2.12. The van der Waals surface area contributed by atoms with E-state index in [1.54, 1.807) is 26.0 Å². The number of fused-ring (bicyclic) bond motifs is 2. The molecule has 4 heterocycles. The monoisotopic (exact) mass is 838 g/mol. The minimum Gasteiger partial charge on any atom is -0.435 e. The van der Waals surface area contributed by atoms with Crippen LogP contribution in [0.3, 0.4) is 0 Å². The lowest BCUT2D eigenvalue weighted by Crippen LogP contribution is -2.11. The van der Waals surface area contributed by atoms with E-state index in [2.05, 4.69) is 45.3 Å². The van der Waals surface area contributed by atoms with Crippen molar-refractivity contribution >= 4 is 68.1 Å². The fourth-order valence-electron chi connectivity index (χ4n) is 6.00. The average Bonchev–Trinajstić information content (AvgIpc) is 3.73. The molecular formula is C38H30F4N14O5. The van der Waals surface area contributed by atoms with Crippen LogP contribution in [0.25, 0.3) is 34.0 Å². The Hall–Kier alpha value is -8.50. The lowest BCUT2D eigenvalue weighted by atomic mass is 10.2. The maximum Gasteiger partial charge on any atom is 0.387 e. The van der Waals surface area contributed by atoms with Crippen LogP contribution in [0.5, 0.6) is 5.75 Å². The molecule has 0 atom stereocenters. The second-order valence-electron chi connectivity index (χ2n) is 13.0. The molecule has 0 aliphatic carbocycles. The van der Waals surface area contributed by atoms with Crippen LogP contribution in [0.15, 0.2) is 84.9 Å². The number of ether oxygens (including phenoxy) is 1. The lowest BCUT2D eigenvalue weighted by molar-refractivity contribution is -0.384. The van der Waals surface area contributed by atoms with Crippen LogP contribution < -0.4 is 26.8 Å². The smallest absolute Gasteiger partial charge is 0.387 e. The van der Waals surface area contributed by atoms with E-state index in [1.807, 2.05) is 19.1 Å². The molecule has 0 radical (unpaired) electrons. The number of hydrogen-bond acceptors (Lipinski definition) is 15. The summed E-state index contributed by atoms with van der Waals surface area (Å²) in [6, 6.07) is 21.0. The van der Waals surface area contributed by atoms with Crippen LogP contribution in [-0.4, -0.2) is 55.5 Å². The van der Waals surface area contributed by atoms with Crippen molar-refractivity contribution in [2.45, 2.75) is 27.4 Å². The first kappa shape index (κ1) is 40.7. The van der Waals surface area contributed by atoms with Gasteiger partial charge in [-0.1, -0.05) is 17.7 Å². The number of nitrogens with one attached hydrogen (secondary N) is 2. The summed E-state index contributed by atoms with van der Waals surface area (Å²) < 4.78 is 60.9. The Bertz CT molecular complexity index is 2980. The van der Waals surface area contributed by atoms with Gasteiger partial charge in [0.1, 0.15) is 17.4 Å². The highest BCUT2D eigenvalue weighted by Crippen LogP contribution is 2.30. The number of benzene rings is 4. The normalized spacial score (nSPS) is 11.1. The Labute approximate surface area is 340 Å². The average molecular weight is 839 g/mol. The number of aromatic nitrogens is 8. The van der Waals surface area contributed by atoms with E-state index in [4.69, 9.17) is 11.5 Å². The van der Waals surface area contributed by atoms with Gasteiger partial charge in [-0.25, -0.2) is 9.97 Å². The molecule has 61 heavy (non-hydrogen) atoms. The number of halogens is 4. The molecule has 0 aliphatic heterocycles. The molecule has 0 fully saturated rings. The third kappa shape index (κ3) is 8.55. The van der Waals surface area contributed by atoms with Gasteiger partial charge in [-0.2, -0.15) is 37.5 Å². The number of nitrogen functional groups attached to an aromatic ring is 2. The zero-order chi connectivity index (χ0) is 43.7. The maximum absolute atomic E-state index is 14.6. The van der Waals surface area contributed by atoms with Gasteiger partial charge in [-0.3, -0.25) is 29.4 Å². The van der Waals surface area contributed by atoms with Crippen molar-refractivity contribution in [2.75, 3.05) is 22.1 Å². The first-order valence-corrected chi connectivity index (χ1v) is 17.7. The molecule has 0 bridgehead atoms. The molecule has 23 heteroatoms. The number of non-ortho nitro benzene ring substituents is 2. The first-order valence-electron chi connectivity index (χ1n) is 17.7. The molecule has 19 nitrogen and oxygen atoms in total. The zero-order valence-corrected chi connectivity index (χ0v) is 31.8. The standard InChI is InChI=1S/C19H14F3N7O3.C19H16FN7O2/c1-9-24-13-7-4-11(29(30)31)8-14(13)28(9)19-26-16(23)15(20)17(27-19)25-10-2-5-12(6-3-10)32-18(21)22;1-10-3-5-12(6-4-10)23-18-16(20)17(21)24-19(25-18)26-11(2)22-14-8-7-13(27(28)29)9-15(14)26/h2-8,18H,1H3,(H3,23,25,26,27);3-9H,1-2H3,(H3,21,23,24,25). The number of imidazole rings is 2. The number of nitrogens with zero attached hydrogens (tertiary/aromatic N) is 10. The summed E-state index contributed by atoms with van der Waals surface area (Å²) in [7, 11) is 0. The van der Waals surface area contributed by atoms with Gasteiger partial charge in [0.15, 0.2) is 23.3 Å². The maximum atomic E-state index is 14.6. The molecule has 0 unspecified atom stereocenters. The molecule has 0 saturated heterocycles. The fraction of sp³-hybridized carbons (Fsp3) is 0.105. The molecule has 0 saturated carbocycles. The Morgan fingerprint density at radius 3 is 1.43 bits per heavy atom. The summed E-state index contributed by atoms with van der Waals surface area (Å²) in [5.74, 6) is -2.15. The van der Waals surface area contributed by atoms with Crippen molar-refractivity contribution in [3.05, 3.63) is 134 Å². The van der Waals surface area contributed by atoms with Gasteiger partial charge in [-0.15, -0.1) is 0 Å². The van der Waals surface area contributed by atoms with Crippen LogP contribution in [0, 0.1) is 52.6 Å². The molecule has 0 amide bonds. The van der Waals surface area contributed by atoms with E-state index in [0.29, 0.717) is 45.1 Å². The number of anilines is 6. The molecule has 310 valence electrons. The third-order valence-corrected chi connectivity index (χ3v) is 8.82. The van der Waals surface area contributed by atoms with Crippen LogP contribution in [0.2, 0.25) is 0 Å². The van der Waals surface area contributed by atoms with Crippen molar-refractivity contribution in [1.29, 1.82) is 0 Å². The van der Waals surface area contributed by atoms with Crippen molar-refractivity contribution < 1.29 is 32.1 Å². The van der Waals surface area contributed by atoms with Gasteiger partial charge in [0, 0.05) is 35.6 Å². The quantitative estimate of drug-likeness (QED) is 0.0579. The molecule has 4 aromatic carbocycles. The van der Waals surface area contributed by atoms with Gasteiger partial charge in [0.05, 0.1) is 31.9 Å². The summed E-state index contributed by atoms with van der Waals surface area (Å²) in [4.78, 5) is 46.3. The van der Waals surface area contributed by atoms with Crippen LogP contribution in [-0.2, 0) is 0 Å². The molecule has 4 aromatic heterocycles. The molecule has 8 aromatic rings. The first-order chi connectivity index (χ1) is 29.1. The topological polar surface area (TPSA) is 259 Å². The molecule has 8 rings (SSSR count). The van der Waals surface area contributed by atoms with E-state index in [0.717, 1.165) is 5.56 Å².